The van der Waals surface area contributed by atoms with E-state index in [1.807, 2.05) is 0 Å². The zero-order chi connectivity index (χ0) is 10.0. The molecule has 0 unspecified atom stereocenters. The van der Waals surface area contributed by atoms with E-state index >= 15 is 0 Å². The van der Waals surface area contributed by atoms with Crippen LogP contribution in [0.25, 0.3) is 0 Å². The Hall–Kier alpha value is -1.52. The van der Waals surface area contributed by atoms with Gasteiger partial charge in [-0.3, -0.25) is 0 Å². The van der Waals surface area contributed by atoms with Crippen molar-refractivity contribution in [1.29, 1.82) is 0 Å². The molecule has 1 aromatic rings. The summed E-state index contributed by atoms with van der Waals surface area (Å²) in [4.78, 5) is 11.2. The lowest BCUT2D eigenvalue weighted by atomic mass is 10.3. The number of esters is 1. The predicted molar refractivity (Wildman–Crippen MR) is 45.6 cm³/mol. The second-order valence-corrected chi connectivity index (χ2v) is 2.64. The molecule has 1 N–H and O–H groups in total. The molecule has 0 radical (unpaired) electrons. The van der Waals surface area contributed by atoms with Crippen LogP contribution in [0.5, 0.6) is 5.88 Å². The van der Waals surface area contributed by atoms with E-state index in [1.165, 1.54) is 4.68 Å². The minimum Gasteiger partial charge on any atom is -0.493 e. The largest absolute Gasteiger partial charge is 0.493 e. The average molecular weight is 184 g/mol. The molecule has 5 nitrogen and oxygen atoms in total. The Kier molecular flexibility index (Phi) is 2.55. The van der Waals surface area contributed by atoms with E-state index < -0.39 is 5.97 Å². The minimum atomic E-state index is -0.504. The third-order valence-corrected chi connectivity index (χ3v) is 1.72. The molecule has 5 heteroatoms. The van der Waals surface area contributed by atoms with Crippen LogP contribution in [0.4, 0.5) is 0 Å². The third-order valence-electron chi connectivity index (χ3n) is 1.72. The van der Waals surface area contributed by atoms with Gasteiger partial charge < -0.3 is 9.84 Å². The fraction of sp³-hybridized carbons (Fsp3) is 0.500. The number of ether oxygens (including phenoxy) is 1. The van der Waals surface area contributed by atoms with Crippen molar-refractivity contribution in [3.8, 4) is 5.88 Å². The van der Waals surface area contributed by atoms with Gasteiger partial charge in [-0.05, 0) is 13.8 Å². The zero-order valence-corrected chi connectivity index (χ0v) is 7.87. The minimum absolute atomic E-state index is 0.0111. The molecule has 0 aromatic carbocycles. The zero-order valence-electron chi connectivity index (χ0n) is 7.87. The number of rotatable bonds is 2. The second kappa shape index (κ2) is 3.47. The maximum absolute atomic E-state index is 11.2. The molecule has 0 aliphatic rings. The highest BCUT2D eigenvalue weighted by Gasteiger charge is 2.18. The fourth-order valence-electron chi connectivity index (χ4n) is 1.01. The number of aromatic hydroxyl groups is 1. The quantitative estimate of drug-likeness (QED) is 0.684. The molecule has 0 bridgehead atoms. The lowest BCUT2D eigenvalue weighted by Gasteiger charge is -1.97. The topological polar surface area (TPSA) is 64.3 Å². The van der Waals surface area contributed by atoms with Crippen LogP contribution >= 0.6 is 0 Å². The van der Waals surface area contributed by atoms with Crippen LogP contribution in [0.3, 0.4) is 0 Å². The molecular weight excluding hydrogens is 172 g/mol. The lowest BCUT2D eigenvalue weighted by molar-refractivity contribution is 0.0517. The number of carbonyl (C=O) groups excluding carboxylic acids is 1. The lowest BCUT2D eigenvalue weighted by Crippen LogP contribution is -2.07. The smallest absolute Gasteiger partial charge is 0.359 e. The maximum atomic E-state index is 11.2. The molecule has 1 heterocycles. The summed E-state index contributed by atoms with van der Waals surface area (Å²) >= 11 is 0. The van der Waals surface area contributed by atoms with Gasteiger partial charge in [-0.2, -0.15) is 5.10 Å². The van der Waals surface area contributed by atoms with Crippen molar-refractivity contribution < 1.29 is 14.6 Å². The van der Waals surface area contributed by atoms with Gasteiger partial charge in [0.2, 0.25) is 5.88 Å². The highest BCUT2D eigenvalue weighted by molar-refractivity contribution is 5.89. The van der Waals surface area contributed by atoms with Crippen molar-refractivity contribution in [2.24, 2.45) is 7.05 Å². The van der Waals surface area contributed by atoms with E-state index in [-0.39, 0.29) is 11.6 Å². The summed E-state index contributed by atoms with van der Waals surface area (Å²) in [6.07, 6.45) is 0. The summed E-state index contributed by atoms with van der Waals surface area (Å²) in [5.41, 5.74) is 0.614. The van der Waals surface area contributed by atoms with Crippen LogP contribution < -0.4 is 0 Å². The van der Waals surface area contributed by atoms with Gasteiger partial charge in [0, 0.05) is 12.6 Å². The molecule has 0 aliphatic heterocycles. The van der Waals surface area contributed by atoms with Gasteiger partial charge in [0.1, 0.15) is 0 Å². The molecule has 0 amide bonds. The maximum Gasteiger partial charge on any atom is 0.359 e. The van der Waals surface area contributed by atoms with E-state index in [1.54, 1.807) is 20.9 Å². The van der Waals surface area contributed by atoms with Gasteiger partial charge in [0.05, 0.1) is 6.61 Å². The predicted octanol–water partition coefficient (Wildman–Crippen LogP) is 0.611. The van der Waals surface area contributed by atoms with Crippen molar-refractivity contribution >= 4 is 5.97 Å². The summed E-state index contributed by atoms with van der Waals surface area (Å²) < 4.78 is 5.99. The summed E-state index contributed by atoms with van der Waals surface area (Å²) in [6, 6.07) is 0. The summed E-state index contributed by atoms with van der Waals surface area (Å²) in [5.74, 6) is -0.515. The first-order valence-corrected chi connectivity index (χ1v) is 3.97. The molecule has 13 heavy (non-hydrogen) atoms. The molecule has 72 valence electrons. The van der Waals surface area contributed by atoms with Crippen molar-refractivity contribution in [2.45, 2.75) is 13.8 Å². The number of nitrogens with zero attached hydrogens (tertiary/aromatic N) is 2. The Morgan fingerprint density at radius 1 is 1.69 bits per heavy atom. The number of hydrogen-bond acceptors (Lipinski definition) is 4. The number of carbonyl (C=O) groups is 1. The Labute approximate surface area is 75.9 Å². The standard InChI is InChI=1S/C8H12N2O3/c1-4-13-8(12)6-5(2)7(11)10(3)9-6/h11H,4H2,1-3H3. The summed E-state index contributed by atoms with van der Waals surface area (Å²) in [7, 11) is 1.56. The van der Waals surface area contributed by atoms with Crippen molar-refractivity contribution in [3.05, 3.63) is 11.3 Å². The monoisotopic (exact) mass is 184 g/mol. The Bertz CT molecular complexity index is 330. The van der Waals surface area contributed by atoms with Gasteiger partial charge in [-0.15, -0.1) is 0 Å². The Morgan fingerprint density at radius 3 is 2.69 bits per heavy atom. The van der Waals surface area contributed by atoms with Crippen molar-refractivity contribution in [2.75, 3.05) is 6.61 Å². The number of hydrogen-bond donors (Lipinski definition) is 1. The van der Waals surface area contributed by atoms with Crippen LogP contribution in [0.2, 0.25) is 0 Å². The van der Waals surface area contributed by atoms with Crippen molar-refractivity contribution in [1.82, 2.24) is 9.78 Å². The van der Waals surface area contributed by atoms with E-state index in [2.05, 4.69) is 5.10 Å². The third kappa shape index (κ3) is 1.63. The first kappa shape index (κ1) is 9.57. The first-order valence-electron chi connectivity index (χ1n) is 3.97. The van der Waals surface area contributed by atoms with Gasteiger partial charge in [-0.1, -0.05) is 0 Å². The molecular formula is C8H12N2O3. The van der Waals surface area contributed by atoms with E-state index in [4.69, 9.17) is 4.74 Å². The van der Waals surface area contributed by atoms with Gasteiger partial charge in [0.25, 0.3) is 0 Å². The number of aromatic nitrogens is 2. The highest BCUT2D eigenvalue weighted by Crippen LogP contribution is 2.18. The van der Waals surface area contributed by atoms with E-state index in [0.29, 0.717) is 12.2 Å². The molecule has 0 atom stereocenters. The average Bonchev–Trinajstić information content (AvgIpc) is 2.33. The number of aryl methyl sites for hydroxylation is 1. The normalized spacial score (nSPS) is 10.1. The SMILES string of the molecule is CCOC(=O)c1nn(C)c(O)c1C. The van der Waals surface area contributed by atoms with E-state index in [9.17, 15) is 9.90 Å². The van der Waals surface area contributed by atoms with Crippen molar-refractivity contribution in [3.63, 3.8) is 0 Å². The van der Waals surface area contributed by atoms with Gasteiger partial charge in [-0.25, -0.2) is 9.48 Å². The highest BCUT2D eigenvalue weighted by atomic mass is 16.5. The molecule has 0 spiro atoms. The van der Waals surface area contributed by atoms with Gasteiger partial charge in [0.15, 0.2) is 5.69 Å². The Morgan fingerprint density at radius 2 is 2.31 bits per heavy atom. The first-order chi connectivity index (χ1) is 6.07. The van der Waals surface area contributed by atoms with Crippen LogP contribution in [-0.4, -0.2) is 27.5 Å². The molecule has 0 aliphatic carbocycles. The molecule has 1 aromatic heterocycles. The van der Waals surface area contributed by atoms with Crippen LogP contribution in [0, 0.1) is 6.92 Å². The second-order valence-electron chi connectivity index (χ2n) is 2.64. The molecule has 0 fully saturated rings. The summed E-state index contributed by atoms with van der Waals surface area (Å²) in [5, 5.41) is 13.2. The molecule has 0 saturated carbocycles. The van der Waals surface area contributed by atoms with Crippen LogP contribution in [0.1, 0.15) is 23.0 Å². The fourth-order valence-corrected chi connectivity index (χ4v) is 1.01. The van der Waals surface area contributed by atoms with Crippen LogP contribution in [0.15, 0.2) is 0 Å². The molecule has 0 saturated heterocycles. The van der Waals surface area contributed by atoms with Crippen LogP contribution in [-0.2, 0) is 11.8 Å². The van der Waals surface area contributed by atoms with E-state index in [0.717, 1.165) is 0 Å². The summed E-state index contributed by atoms with van der Waals surface area (Å²) in [6.45, 7) is 3.64. The molecule has 1 rings (SSSR count). The van der Waals surface area contributed by atoms with Gasteiger partial charge >= 0.3 is 5.97 Å². The Balaban J connectivity index is 3.01.